The first-order chi connectivity index (χ1) is 12.5. The van der Waals surface area contributed by atoms with E-state index in [0.717, 1.165) is 16.2 Å². The third-order valence-corrected chi connectivity index (χ3v) is 4.27. The fourth-order valence-corrected chi connectivity index (χ4v) is 2.92. The van der Waals surface area contributed by atoms with Gasteiger partial charge in [0.1, 0.15) is 5.75 Å². The molecule has 6 nitrogen and oxygen atoms in total. The molecule has 0 aliphatic carbocycles. The maximum absolute atomic E-state index is 12.3. The molecule has 2 aromatic rings. The van der Waals surface area contributed by atoms with E-state index in [1.807, 2.05) is 31.2 Å². The van der Waals surface area contributed by atoms with E-state index < -0.39 is 0 Å². The first-order valence-electron chi connectivity index (χ1n) is 8.48. The molecule has 1 aliphatic rings. The SMILES string of the molecule is CCOc1ccccc1CCC(=O)Nc1ccc2c(c1)C(=O)N(C)C2=O. The molecular weight excluding hydrogens is 332 g/mol. The Labute approximate surface area is 151 Å². The number of nitrogens with one attached hydrogen (secondary N) is 1. The van der Waals surface area contributed by atoms with Crippen molar-refractivity contribution >= 4 is 23.4 Å². The van der Waals surface area contributed by atoms with E-state index in [9.17, 15) is 14.4 Å². The van der Waals surface area contributed by atoms with E-state index in [-0.39, 0.29) is 24.1 Å². The molecule has 0 unspecified atom stereocenters. The van der Waals surface area contributed by atoms with Crippen molar-refractivity contribution in [2.24, 2.45) is 0 Å². The number of ether oxygens (including phenoxy) is 1. The molecule has 3 amide bonds. The number of amides is 3. The molecule has 0 aromatic heterocycles. The van der Waals surface area contributed by atoms with Crippen LogP contribution < -0.4 is 10.1 Å². The zero-order chi connectivity index (χ0) is 18.7. The predicted octanol–water partition coefficient (Wildman–Crippen LogP) is 2.88. The monoisotopic (exact) mass is 352 g/mol. The van der Waals surface area contributed by atoms with Crippen LogP contribution in [0.4, 0.5) is 5.69 Å². The summed E-state index contributed by atoms with van der Waals surface area (Å²) in [6.07, 6.45) is 0.834. The minimum Gasteiger partial charge on any atom is -0.494 e. The van der Waals surface area contributed by atoms with Gasteiger partial charge in [-0.2, -0.15) is 0 Å². The average molecular weight is 352 g/mol. The Kier molecular flexibility index (Phi) is 5.02. The molecule has 26 heavy (non-hydrogen) atoms. The largest absolute Gasteiger partial charge is 0.494 e. The second-order valence-electron chi connectivity index (χ2n) is 6.02. The van der Waals surface area contributed by atoms with E-state index in [1.165, 1.54) is 7.05 Å². The zero-order valence-electron chi connectivity index (χ0n) is 14.7. The van der Waals surface area contributed by atoms with Crippen LogP contribution in [0.1, 0.15) is 39.6 Å². The average Bonchev–Trinajstić information content (AvgIpc) is 2.85. The van der Waals surface area contributed by atoms with Crippen LogP contribution in [-0.2, 0) is 11.2 Å². The van der Waals surface area contributed by atoms with Crippen molar-refractivity contribution in [3.63, 3.8) is 0 Å². The van der Waals surface area contributed by atoms with Gasteiger partial charge in [0.2, 0.25) is 5.91 Å². The van der Waals surface area contributed by atoms with E-state index in [2.05, 4.69) is 5.32 Å². The molecule has 0 saturated heterocycles. The molecule has 0 atom stereocenters. The van der Waals surface area contributed by atoms with E-state index in [0.29, 0.717) is 29.8 Å². The van der Waals surface area contributed by atoms with Crippen molar-refractivity contribution < 1.29 is 19.1 Å². The van der Waals surface area contributed by atoms with Gasteiger partial charge in [-0.25, -0.2) is 0 Å². The lowest BCUT2D eigenvalue weighted by Gasteiger charge is -2.10. The topological polar surface area (TPSA) is 75.7 Å². The van der Waals surface area contributed by atoms with Crippen LogP contribution in [0.3, 0.4) is 0 Å². The number of imide groups is 1. The van der Waals surface area contributed by atoms with Gasteiger partial charge < -0.3 is 10.1 Å². The minimum atomic E-state index is -0.355. The van der Waals surface area contributed by atoms with Crippen LogP contribution in [0, 0.1) is 0 Å². The number of carbonyl (C=O) groups excluding carboxylic acids is 3. The molecule has 1 aliphatic heterocycles. The van der Waals surface area contributed by atoms with Crippen LogP contribution >= 0.6 is 0 Å². The Hall–Kier alpha value is -3.15. The van der Waals surface area contributed by atoms with Crippen LogP contribution in [0.15, 0.2) is 42.5 Å². The van der Waals surface area contributed by atoms with Crippen LogP contribution in [0.2, 0.25) is 0 Å². The third kappa shape index (κ3) is 3.44. The molecule has 6 heteroatoms. The minimum absolute atomic E-state index is 0.165. The van der Waals surface area contributed by atoms with Gasteiger partial charge in [0.15, 0.2) is 0 Å². The van der Waals surface area contributed by atoms with Crippen LogP contribution in [0.5, 0.6) is 5.75 Å². The number of anilines is 1. The maximum Gasteiger partial charge on any atom is 0.261 e. The van der Waals surface area contributed by atoms with Crippen molar-refractivity contribution in [3.8, 4) is 5.75 Å². The summed E-state index contributed by atoms with van der Waals surface area (Å²) < 4.78 is 5.56. The Bertz CT molecular complexity index is 876. The van der Waals surface area contributed by atoms with Crippen molar-refractivity contribution in [2.75, 3.05) is 19.0 Å². The molecule has 3 rings (SSSR count). The molecule has 0 bridgehead atoms. The van der Waals surface area contributed by atoms with Crippen molar-refractivity contribution in [1.29, 1.82) is 0 Å². The van der Waals surface area contributed by atoms with Gasteiger partial charge in [-0.05, 0) is 43.2 Å². The number of hydrogen-bond donors (Lipinski definition) is 1. The number of para-hydroxylation sites is 1. The molecule has 1 heterocycles. The summed E-state index contributed by atoms with van der Waals surface area (Å²) in [5, 5.41) is 2.78. The van der Waals surface area contributed by atoms with Crippen molar-refractivity contribution in [2.45, 2.75) is 19.8 Å². The highest BCUT2D eigenvalue weighted by molar-refractivity contribution is 6.21. The van der Waals surface area contributed by atoms with E-state index in [1.54, 1.807) is 18.2 Å². The Balaban J connectivity index is 1.65. The van der Waals surface area contributed by atoms with Gasteiger partial charge in [0.25, 0.3) is 11.8 Å². The smallest absolute Gasteiger partial charge is 0.261 e. The fraction of sp³-hybridized carbons (Fsp3) is 0.250. The van der Waals surface area contributed by atoms with Crippen LogP contribution in [0.25, 0.3) is 0 Å². The summed E-state index contributed by atoms with van der Waals surface area (Å²) in [6, 6.07) is 12.4. The van der Waals surface area contributed by atoms with Gasteiger partial charge in [-0.1, -0.05) is 18.2 Å². The first kappa shape index (κ1) is 17.7. The normalized spacial score (nSPS) is 12.9. The second-order valence-corrected chi connectivity index (χ2v) is 6.02. The van der Waals surface area contributed by atoms with E-state index in [4.69, 9.17) is 4.74 Å². The summed E-state index contributed by atoms with van der Waals surface area (Å²) >= 11 is 0. The molecule has 134 valence electrons. The predicted molar refractivity (Wildman–Crippen MR) is 97.4 cm³/mol. The number of rotatable bonds is 6. The summed E-state index contributed by atoms with van der Waals surface area (Å²) in [4.78, 5) is 37.2. The standard InChI is InChI=1S/C20H20N2O4/c1-3-26-17-7-5-4-6-13(17)8-11-18(23)21-14-9-10-15-16(12-14)20(25)22(2)19(15)24/h4-7,9-10,12H,3,8,11H2,1-2H3,(H,21,23). The molecule has 0 saturated carbocycles. The first-order valence-corrected chi connectivity index (χ1v) is 8.48. The quantitative estimate of drug-likeness (QED) is 0.811. The van der Waals surface area contributed by atoms with Crippen LogP contribution in [-0.4, -0.2) is 36.3 Å². The number of carbonyl (C=O) groups is 3. The lowest BCUT2D eigenvalue weighted by atomic mass is 10.1. The fourth-order valence-electron chi connectivity index (χ4n) is 2.92. The van der Waals surface area contributed by atoms with Gasteiger partial charge in [0, 0.05) is 19.2 Å². The summed E-state index contributed by atoms with van der Waals surface area (Å²) in [7, 11) is 1.44. The number of hydrogen-bond acceptors (Lipinski definition) is 4. The molecule has 2 aromatic carbocycles. The number of aryl methyl sites for hydroxylation is 1. The van der Waals surface area contributed by atoms with Gasteiger partial charge in [0.05, 0.1) is 17.7 Å². The molecular formula is C20H20N2O4. The highest BCUT2D eigenvalue weighted by Crippen LogP contribution is 2.25. The highest BCUT2D eigenvalue weighted by Gasteiger charge is 2.32. The lowest BCUT2D eigenvalue weighted by Crippen LogP contribution is -2.24. The molecule has 0 radical (unpaired) electrons. The molecule has 0 fully saturated rings. The van der Waals surface area contributed by atoms with Gasteiger partial charge in [-0.3, -0.25) is 19.3 Å². The Morgan fingerprint density at radius 3 is 2.58 bits per heavy atom. The van der Waals surface area contributed by atoms with Gasteiger partial charge >= 0.3 is 0 Å². The number of benzene rings is 2. The van der Waals surface area contributed by atoms with Gasteiger partial charge in [-0.15, -0.1) is 0 Å². The summed E-state index contributed by atoms with van der Waals surface area (Å²) in [5.41, 5.74) is 2.15. The molecule has 1 N–H and O–H groups in total. The maximum atomic E-state index is 12.3. The Morgan fingerprint density at radius 2 is 1.81 bits per heavy atom. The lowest BCUT2D eigenvalue weighted by molar-refractivity contribution is -0.116. The van der Waals surface area contributed by atoms with E-state index >= 15 is 0 Å². The zero-order valence-corrected chi connectivity index (χ0v) is 14.7. The third-order valence-electron chi connectivity index (χ3n) is 4.27. The number of fused-ring (bicyclic) bond motifs is 1. The summed E-state index contributed by atoms with van der Waals surface area (Å²) in [6.45, 7) is 2.49. The summed E-state index contributed by atoms with van der Waals surface area (Å²) in [5.74, 6) is -0.0593. The van der Waals surface area contributed by atoms with Crippen molar-refractivity contribution in [1.82, 2.24) is 4.90 Å². The second kappa shape index (κ2) is 7.39. The van der Waals surface area contributed by atoms with Crippen molar-refractivity contribution in [3.05, 3.63) is 59.2 Å². The number of nitrogens with zero attached hydrogens (tertiary/aromatic N) is 1. The Morgan fingerprint density at radius 1 is 1.08 bits per heavy atom. The highest BCUT2D eigenvalue weighted by atomic mass is 16.5. The molecule has 0 spiro atoms.